The molecule has 2 N–H and O–H groups in total. The molecule has 11 heavy (non-hydrogen) atoms. The van der Waals surface area contributed by atoms with Crippen molar-refractivity contribution in [2.75, 3.05) is 5.73 Å². The lowest BCUT2D eigenvalue weighted by atomic mass is 9.85. The van der Waals surface area contributed by atoms with Gasteiger partial charge in [-0.3, -0.25) is 0 Å². The molecule has 0 atom stereocenters. The number of rotatable bonds is 1. The van der Waals surface area contributed by atoms with Crippen molar-refractivity contribution < 1.29 is 0 Å². The highest BCUT2D eigenvalue weighted by molar-refractivity contribution is 6.33. The van der Waals surface area contributed by atoms with E-state index in [2.05, 4.69) is 13.8 Å². The highest BCUT2D eigenvalue weighted by atomic mass is 14.5. The van der Waals surface area contributed by atoms with Gasteiger partial charge < -0.3 is 5.73 Å². The number of nitrogen functional groups attached to an aromatic ring is 1. The van der Waals surface area contributed by atoms with Crippen LogP contribution in [0.1, 0.15) is 25.3 Å². The van der Waals surface area contributed by atoms with E-state index >= 15 is 0 Å². The van der Waals surface area contributed by atoms with Gasteiger partial charge in [-0.25, -0.2) is 0 Å². The molecular weight excluding hydrogens is 133 g/mol. The van der Waals surface area contributed by atoms with Crippen molar-refractivity contribution in [3.05, 3.63) is 23.8 Å². The Bertz CT molecular complexity index is 256. The lowest BCUT2D eigenvalue weighted by Gasteiger charge is -2.09. The summed E-state index contributed by atoms with van der Waals surface area (Å²) in [7, 11) is 5.74. The molecule has 2 radical (unpaired) electrons. The van der Waals surface area contributed by atoms with Crippen LogP contribution in [0.3, 0.4) is 0 Å². The monoisotopic (exact) mass is 145 g/mol. The third kappa shape index (κ3) is 1.76. The summed E-state index contributed by atoms with van der Waals surface area (Å²) in [6.07, 6.45) is 0. The van der Waals surface area contributed by atoms with E-state index in [1.165, 1.54) is 5.56 Å². The minimum absolute atomic E-state index is 0.468. The van der Waals surface area contributed by atoms with Crippen LogP contribution in [0.5, 0.6) is 0 Å². The van der Waals surface area contributed by atoms with Crippen molar-refractivity contribution in [1.29, 1.82) is 0 Å². The molecule has 2 heteroatoms. The molecule has 0 aliphatic carbocycles. The van der Waals surface area contributed by atoms with E-state index in [1.807, 2.05) is 12.1 Å². The Labute approximate surface area is 69.0 Å². The summed E-state index contributed by atoms with van der Waals surface area (Å²) < 4.78 is 0. The third-order valence-electron chi connectivity index (χ3n) is 1.73. The molecule has 0 bridgehead atoms. The summed E-state index contributed by atoms with van der Waals surface area (Å²) in [5.74, 6) is 0.468. The summed E-state index contributed by atoms with van der Waals surface area (Å²) in [6.45, 7) is 4.23. The van der Waals surface area contributed by atoms with Crippen molar-refractivity contribution in [1.82, 2.24) is 0 Å². The summed E-state index contributed by atoms with van der Waals surface area (Å²) in [5.41, 5.74) is 8.23. The summed E-state index contributed by atoms with van der Waals surface area (Å²) >= 11 is 0. The molecule has 0 saturated carbocycles. The first kappa shape index (κ1) is 8.18. The van der Waals surface area contributed by atoms with Crippen LogP contribution in [0, 0.1) is 0 Å². The van der Waals surface area contributed by atoms with Gasteiger partial charge in [0.25, 0.3) is 0 Å². The van der Waals surface area contributed by atoms with Gasteiger partial charge in [0.15, 0.2) is 0 Å². The van der Waals surface area contributed by atoms with E-state index in [-0.39, 0.29) is 0 Å². The molecule has 0 aliphatic heterocycles. The number of nitrogens with two attached hydrogens (primary N) is 1. The maximum Gasteiger partial charge on any atom is 0.114 e. The molecular formula is C9H12BN. The number of benzene rings is 1. The highest BCUT2D eigenvalue weighted by Crippen LogP contribution is 2.12. The zero-order valence-corrected chi connectivity index (χ0v) is 6.96. The molecule has 0 aromatic heterocycles. The van der Waals surface area contributed by atoms with Gasteiger partial charge >= 0.3 is 0 Å². The summed E-state index contributed by atoms with van der Waals surface area (Å²) in [6, 6.07) is 5.66. The Morgan fingerprint density at radius 3 is 2.45 bits per heavy atom. The second kappa shape index (κ2) is 2.99. The fourth-order valence-electron chi connectivity index (χ4n) is 1.12. The van der Waals surface area contributed by atoms with E-state index in [0.717, 1.165) is 11.2 Å². The second-order valence-electron chi connectivity index (χ2n) is 3.04. The van der Waals surface area contributed by atoms with Gasteiger partial charge in [0.05, 0.1) is 0 Å². The van der Waals surface area contributed by atoms with Gasteiger partial charge in [0, 0.05) is 5.69 Å². The molecule has 0 saturated heterocycles. The zero-order valence-electron chi connectivity index (χ0n) is 6.96. The van der Waals surface area contributed by atoms with Gasteiger partial charge in [-0.15, -0.1) is 0 Å². The lowest BCUT2D eigenvalue weighted by molar-refractivity contribution is 0.874. The van der Waals surface area contributed by atoms with Crippen molar-refractivity contribution >= 4 is 19.0 Å². The van der Waals surface area contributed by atoms with Gasteiger partial charge in [-0.1, -0.05) is 30.9 Å². The molecule has 1 nitrogen and oxygen atoms in total. The van der Waals surface area contributed by atoms with Crippen molar-refractivity contribution in [3.8, 4) is 0 Å². The third-order valence-corrected chi connectivity index (χ3v) is 1.73. The van der Waals surface area contributed by atoms with Gasteiger partial charge in [-0.2, -0.15) is 0 Å². The molecule has 1 aromatic carbocycles. The largest absolute Gasteiger partial charge is 0.399 e. The molecule has 1 rings (SSSR count). The van der Waals surface area contributed by atoms with Crippen LogP contribution in [0.25, 0.3) is 0 Å². The molecule has 0 heterocycles. The van der Waals surface area contributed by atoms with E-state index in [0.29, 0.717) is 5.92 Å². The fourth-order valence-corrected chi connectivity index (χ4v) is 1.12. The minimum Gasteiger partial charge on any atom is -0.399 e. The van der Waals surface area contributed by atoms with Gasteiger partial charge in [0.1, 0.15) is 7.85 Å². The average Bonchev–Trinajstić information content (AvgIpc) is 1.85. The SMILES string of the molecule is [B]c1cc(N)ccc1C(C)C. The van der Waals surface area contributed by atoms with E-state index in [9.17, 15) is 0 Å². The molecule has 1 aromatic rings. The van der Waals surface area contributed by atoms with E-state index in [4.69, 9.17) is 13.6 Å². The Hall–Kier alpha value is -0.915. The lowest BCUT2D eigenvalue weighted by Crippen LogP contribution is -2.12. The van der Waals surface area contributed by atoms with Crippen LogP contribution in [0.4, 0.5) is 5.69 Å². The molecule has 0 fully saturated rings. The smallest absolute Gasteiger partial charge is 0.114 e. The maximum absolute atomic E-state index is 5.74. The topological polar surface area (TPSA) is 26.0 Å². The first-order valence-corrected chi connectivity index (χ1v) is 3.76. The first-order chi connectivity index (χ1) is 5.11. The maximum atomic E-state index is 5.74. The second-order valence-corrected chi connectivity index (χ2v) is 3.04. The quantitative estimate of drug-likeness (QED) is 0.466. The zero-order chi connectivity index (χ0) is 8.43. The van der Waals surface area contributed by atoms with E-state index < -0.39 is 0 Å². The standard InChI is InChI=1S/C9H12BN/c1-6(2)8-4-3-7(11)5-9(8)10/h3-6H,11H2,1-2H3. The molecule has 56 valence electrons. The predicted molar refractivity (Wildman–Crippen MR) is 50.3 cm³/mol. The van der Waals surface area contributed by atoms with Gasteiger partial charge in [0.2, 0.25) is 0 Å². The molecule has 0 aliphatic rings. The van der Waals surface area contributed by atoms with Gasteiger partial charge in [-0.05, 0) is 18.1 Å². The van der Waals surface area contributed by atoms with Crippen molar-refractivity contribution in [3.63, 3.8) is 0 Å². The van der Waals surface area contributed by atoms with Crippen LogP contribution >= 0.6 is 0 Å². The highest BCUT2D eigenvalue weighted by Gasteiger charge is 2.01. The Kier molecular flexibility index (Phi) is 2.23. The Balaban J connectivity index is 3.09. The van der Waals surface area contributed by atoms with Crippen LogP contribution < -0.4 is 11.2 Å². The molecule has 0 amide bonds. The van der Waals surface area contributed by atoms with Crippen LogP contribution in [0.2, 0.25) is 0 Å². The summed E-state index contributed by atoms with van der Waals surface area (Å²) in [5, 5.41) is 0. The fraction of sp³-hybridized carbons (Fsp3) is 0.333. The number of hydrogen-bond acceptors (Lipinski definition) is 1. The Morgan fingerprint density at radius 2 is 2.00 bits per heavy atom. The molecule has 0 unspecified atom stereocenters. The predicted octanol–water partition coefficient (Wildman–Crippen LogP) is 1.19. The summed E-state index contributed by atoms with van der Waals surface area (Å²) in [4.78, 5) is 0. The average molecular weight is 145 g/mol. The van der Waals surface area contributed by atoms with Crippen molar-refractivity contribution in [2.45, 2.75) is 19.8 Å². The van der Waals surface area contributed by atoms with Crippen LogP contribution in [0.15, 0.2) is 18.2 Å². The van der Waals surface area contributed by atoms with Crippen LogP contribution in [-0.2, 0) is 0 Å². The Morgan fingerprint density at radius 1 is 1.36 bits per heavy atom. The molecule has 0 spiro atoms. The van der Waals surface area contributed by atoms with E-state index in [1.54, 1.807) is 6.07 Å². The first-order valence-electron chi connectivity index (χ1n) is 3.76. The number of anilines is 1. The number of hydrogen-bond donors (Lipinski definition) is 1. The van der Waals surface area contributed by atoms with Crippen LogP contribution in [-0.4, -0.2) is 7.85 Å². The minimum atomic E-state index is 0.468. The normalized spacial score (nSPS) is 10.5. The van der Waals surface area contributed by atoms with Crippen molar-refractivity contribution in [2.24, 2.45) is 0 Å².